The Morgan fingerprint density at radius 1 is 1.46 bits per heavy atom. The number of imidazole rings is 1. The Bertz CT molecular complexity index is 730. The van der Waals surface area contributed by atoms with Gasteiger partial charge in [0, 0.05) is 43.4 Å². The van der Waals surface area contributed by atoms with Crippen molar-refractivity contribution in [3.63, 3.8) is 0 Å². The second-order valence-corrected chi connectivity index (χ2v) is 7.43. The van der Waals surface area contributed by atoms with Crippen LogP contribution in [0.1, 0.15) is 19.0 Å². The highest BCUT2D eigenvalue weighted by molar-refractivity contribution is 6.40. The SMILES string of the molecule is CC(Cc1cnc[nH]1)N1CC(OC2=C(C(=O)O)C(O)C(CCB(O)O)C=C2)C1. The zero-order chi connectivity index (χ0) is 20.3. The molecule has 0 saturated carbocycles. The molecule has 28 heavy (non-hydrogen) atoms. The van der Waals surface area contributed by atoms with Gasteiger partial charge in [0.1, 0.15) is 17.4 Å². The van der Waals surface area contributed by atoms with Gasteiger partial charge >= 0.3 is 13.1 Å². The van der Waals surface area contributed by atoms with Crippen LogP contribution in [0.5, 0.6) is 0 Å². The Labute approximate surface area is 163 Å². The molecule has 2 heterocycles. The molecule has 1 aromatic rings. The Morgan fingerprint density at radius 2 is 2.21 bits per heavy atom. The lowest BCUT2D eigenvalue weighted by atomic mass is 9.77. The highest BCUT2D eigenvalue weighted by Crippen LogP contribution is 2.31. The third-order valence-corrected chi connectivity index (χ3v) is 5.31. The highest BCUT2D eigenvalue weighted by Gasteiger charge is 2.37. The third-order valence-electron chi connectivity index (χ3n) is 5.31. The quantitative estimate of drug-likeness (QED) is 0.365. The maximum Gasteiger partial charge on any atom is 0.451 e. The first-order valence-corrected chi connectivity index (χ1v) is 9.43. The van der Waals surface area contributed by atoms with Crippen molar-refractivity contribution in [2.75, 3.05) is 13.1 Å². The Balaban J connectivity index is 1.56. The van der Waals surface area contributed by atoms with Gasteiger partial charge in [-0.05, 0) is 25.7 Å². The van der Waals surface area contributed by atoms with Gasteiger partial charge in [-0.1, -0.05) is 6.08 Å². The molecule has 3 unspecified atom stereocenters. The minimum atomic E-state index is -1.49. The molecule has 0 aromatic carbocycles. The van der Waals surface area contributed by atoms with Crippen LogP contribution in [0.15, 0.2) is 36.0 Å². The second kappa shape index (κ2) is 8.91. The molecule has 2 aliphatic rings. The maximum absolute atomic E-state index is 11.6. The largest absolute Gasteiger partial charge is 0.487 e. The van der Waals surface area contributed by atoms with Crippen LogP contribution in [0, 0.1) is 5.92 Å². The van der Waals surface area contributed by atoms with Crippen molar-refractivity contribution in [1.82, 2.24) is 14.9 Å². The molecule has 0 spiro atoms. The minimum Gasteiger partial charge on any atom is -0.487 e. The monoisotopic (exact) mass is 391 g/mol. The molecule has 1 aliphatic heterocycles. The summed E-state index contributed by atoms with van der Waals surface area (Å²) in [5, 5.41) is 37.9. The normalized spacial score (nSPS) is 24.1. The van der Waals surface area contributed by atoms with Crippen LogP contribution in [0.4, 0.5) is 0 Å². The van der Waals surface area contributed by atoms with E-state index < -0.39 is 25.1 Å². The molecule has 1 saturated heterocycles. The van der Waals surface area contributed by atoms with Crippen LogP contribution in [0.2, 0.25) is 6.32 Å². The number of aliphatic carboxylic acids is 1. The number of nitrogens with zero attached hydrogens (tertiary/aromatic N) is 2. The fraction of sp³-hybridized carbons (Fsp3) is 0.556. The van der Waals surface area contributed by atoms with Gasteiger partial charge in [0.05, 0.1) is 12.4 Å². The van der Waals surface area contributed by atoms with Gasteiger partial charge in [-0.2, -0.15) is 0 Å². The molecule has 1 aromatic heterocycles. The number of rotatable bonds is 9. The van der Waals surface area contributed by atoms with E-state index in [1.165, 1.54) is 0 Å². The summed E-state index contributed by atoms with van der Waals surface area (Å²) >= 11 is 0. The number of carboxylic acids is 1. The third kappa shape index (κ3) is 4.82. The standard InChI is InChI=1S/C18H26BN3O6/c1-11(6-13-7-20-10-21-13)22-8-14(9-22)28-15-3-2-12(4-5-19(26)27)17(23)16(15)18(24)25/h2-3,7,10-12,14,17,23,26-27H,4-6,8-9H2,1H3,(H,20,21)(H,24,25). The summed E-state index contributed by atoms with van der Waals surface area (Å²) in [5.41, 5.74) is 0.883. The maximum atomic E-state index is 11.6. The molecule has 0 bridgehead atoms. The summed E-state index contributed by atoms with van der Waals surface area (Å²) < 4.78 is 5.85. The number of nitrogens with one attached hydrogen (secondary N) is 1. The summed E-state index contributed by atoms with van der Waals surface area (Å²) in [4.78, 5) is 21.0. The number of carbonyl (C=O) groups is 1. The van der Waals surface area contributed by atoms with E-state index in [0.29, 0.717) is 19.1 Å². The topological polar surface area (TPSA) is 139 Å². The zero-order valence-electron chi connectivity index (χ0n) is 15.7. The molecular formula is C18H26BN3O6. The fourth-order valence-electron chi connectivity index (χ4n) is 3.62. The lowest BCUT2D eigenvalue weighted by Gasteiger charge is -2.43. The van der Waals surface area contributed by atoms with Crippen molar-refractivity contribution >= 4 is 13.1 Å². The number of aromatic amines is 1. The summed E-state index contributed by atoms with van der Waals surface area (Å²) in [5.74, 6) is -1.55. The first-order valence-electron chi connectivity index (χ1n) is 9.43. The van der Waals surface area contributed by atoms with E-state index >= 15 is 0 Å². The van der Waals surface area contributed by atoms with Crippen molar-refractivity contribution in [3.8, 4) is 0 Å². The molecule has 0 amide bonds. The van der Waals surface area contributed by atoms with Crippen LogP contribution < -0.4 is 0 Å². The first kappa shape index (κ1) is 20.6. The molecule has 1 aliphatic carbocycles. The van der Waals surface area contributed by atoms with Crippen LogP contribution in [-0.4, -0.2) is 79.6 Å². The van der Waals surface area contributed by atoms with Crippen LogP contribution >= 0.6 is 0 Å². The molecule has 152 valence electrons. The summed E-state index contributed by atoms with van der Waals surface area (Å²) in [6.45, 7) is 3.47. The van der Waals surface area contributed by atoms with E-state index in [1.54, 1.807) is 24.7 Å². The molecular weight excluding hydrogens is 365 g/mol. The minimum absolute atomic E-state index is 0.0565. The van der Waals surface area contributed by atoms with Gasteiger partial charge < -0.3 is 30.0 Å². The number of H-pyrrole nitrogens is 1. The van der Waals surface area contributed by atoms with Gasteiger partial charge in [0.15, 0.2) is 0 Å². The molecule has 0 radical (unpaired) electrons. The van der Waals surface area contributed by atoms with E-state index in [-0.39, 0.29) is 30.2 Å². The van der Waals surface area contributed by atoms with Crippen molar-refractivity contribution in [3.05, 3.63) is 41.7 Å². The van der Waals surface area contributed by atoms with Gasteiger partial charge in [-0.25, -0.2) is 9.78 Å². The lowest BCUT2D eigenvalue weighted by molar-refractivity contribution is -0.134. The first-order chi connectivity index (χ1) is 13.3. The van der Waals surface area contributed by atoms with Crippen molar-refractivity contribution in [2.24, 2.45) is 5.92 Å². The predicted molar refractivity (Wildman–Crippen MR) is 101 cm³/mol. The zero-order valence-corrected chi connectivity index (χ0v) is 15.7. The number of ether oxygens (including phenoxy) is 1. The number of aromatic nitrogens is 2. The molecule has 3 atom stereocenters. The lowest BCUT2D eigenvalue weighted by Crippen LogP contribution is -2.56. The predicted octanol–water partition coefficient (Wildman–Crippen LogP) is -0.210. The summed E-state index contributed by atoms with van der Waals surface area (Å²) in [6.07, 6.45) is 6.48. The molecule has 5 N–H and O–H groups in total. The van der Waals surface area contributed by atoms with E-state index in [4.69, 9.17) is 14.8 Å². The average molecular weight is 391 g/mol. The Kier molecular flexibility index (Phi) is 6.55. The summed E-state index contributed by atoms with van der Waals surface area (Å²) in [7, 11) is -1.49. The number of hydrogen-bond donors (Lipinski definition) is 5. The molecule has 1 fully saturated rings. The number of carboxylic acid groups (broad SMARTS) is 1. The number of aliphatic hydroxyl groups excluding tert-OH is 1. The van der Waals surface area contributed by atoms with Crippen molar-refractivity contribution < 1.29 is 29.8 Å². The van der Waals surface area contributed by atoms with Crippen LogP contribution in [-0.2, 0) is 16.0 Å². The van der Waals surface area contributed by atoms with Crippen LogP contribution in [0.3, 0.4) is 0 Å². The Morgan fingerprint density at radius 3 is 2.82 bits per heavy atom. The molecule has 9 nitrogen and oxygen atoms in total. The van der Waals surface area contributed by atoms with Crippen molar-refractivity contribution in [1.29, 1.82) is 0 Å². The number of allylic oxidation sites excluding steroid dienone is 1. The van der Waals surface area contributed by atoms with E-state index in [2.05, 4.69) is 21.8 Å². The summed E-state index contributed by atoms with van der Waals surface area (Å²) in [6, 6.07) is 0.301. The van der Waals surface area contributed by atoms with E-state index in [1.807, 2.05) is 0 Å². The fourth-order valence-corrected chi connectivity index (χ4v) is 3.62. The van der Waals surface area contributed by atoms with Gasteiger partial charge in [-0.15, -0.1) is 0 Å². The van der Waals surface area contributed by atoms with Gasteiger partial charge in [0.2, 0.25) is 0 Å². The smallest absolute Gasteiger partial charge is 0.451 e. The number of likely N-dealkylation sites (tertiary alicyclic amines) is 1. The Hall–Kier alpha value is -2.14. The molecule has 10 heteroatoms. The van der Waals surface area contributed by atoms with Crippen LogP contribution in [0.25, 0.3) is 0 Å². The molecule has 3 rings (SSSR count). The number of aliphatic hydroxyl groups is 1. The number of hydrogen-bond acceptors (Lipinski definition) is 7. The second-order valence-electron chi connectivity index (χ2n) is 7.43. The highest BCUT2D eigenvalue weighted by atomic mass is 16.5. The van der Waals surface area contributed by atoms with E-state index in [0.717, 1.165) is 12.1 Å². The van der Waals surface area contributed by atoms with Gasteiger partial charge in [0.25, 0.3) is 0 Å². The van der Waals surface area contributed by atoms with E-state index in [9.17, 15) is 15.0 Å². The van der Waals surface area contributed by atoms with Crippen molar-refractivity contribution in [2.45, 2.75) is 44.3 Å². The average Bonchev–Trinajstić information content (AvgIpc) is 3.09. The van der Waals surface area contributed by atoms with Gasteiger partial charge in [-0.3, -0.25) is 4.90 Å².